The first-order valence-electron chi connectivity index (χ1n) is 10.7. The minimum atomic E-state index is 0.145. The smallest absolute Gasteiger partial charge is 0.225 e. The molecule has 8 N–H and O–H groups in total. The predicted molar refractivity (Wildman–Crippen MR) is 123 cm³/mol. The van der Waals surface area contributed by atoms with Crippen LogP contribution in [0.4, 0.5) is 11.9 Å². The highest BCUT2D eigenvalue weighted by Gasteiger charge is 2.26. The van der Waals surface area contributed by atoms with E-state index in [0.717, 1.165) is 43.4 Å². The zero-order valence-electron chi connectivity index (χ0n) is 18.9. The molecule has 0 saturated carbocycles. The van der Waals surface area contributed by atoms with E-state index >= 15 is 0 Å². The molecule has 0 spiro atoms. The van der Waals surface area contributed by atoms with E-state index in [0.29, 0.717) is 29.4 Å². The molecule has 0 radical (unpaired) electrons. The van der Waals surface area contributed by atoms with E-state index in [-0.39, 0.29) is 23.8 Å². The van der Waals surface area contributed by atoms with Crippen molar-refractivity contribution >= 4 is 23.6 Å². The highest BCUT2D eigenvalue weighted by molar-refractivity contribution is 6.01. The first-order valence-corrected chi connectivity index (χ1v) is 10.7. The van der Waals surface area contributed by atoms with Gasteiger partial charge in [-0.2, -0.15) is 19.9 Å². The number of aryl methyl sites for hydroxylation is 1. The molecule has 166 valence electrons. The Morgan fingerprint density at radius 2 is 1.50 bits per heavy atom. The van der Waals surface area contributed by atoms with Crippen LogP contribution in [0.25, 0.3) is 0 Å². The average molecular weight is 416 g/mol. The molecular weight excluding hydrogens is 378 g/mol. The maximum Gasteiger partial charge on any atom is 0.225 e. The van der Waals surface area contributed by atoms with Crippen LogP contribution in [0.5, 0.6) is 0 Å². The van der Waals surface area contributed by atoms with Gasteiger partial charge in [0.25, 0.3) is 0 Å². The summed E-state index contributed by atoms with van der Waals surface area (Å²) in [5.74, 6) is 3.26. The predicted octanol–water partition coefficient (Wildman–Crippen LogP) is 2.64. The molecule has 1 aliphatic heterocycles. The van der Waals surface area contributed by atoms with Crippen LogP contribution in [0, 0.1) is 23.7 Å². The number of aromatic nitrogens is 3. The summed E-state index contributed by atoms with van der Waals surface area (Å²) in [7, 11) is 0. The van der Waals surface area contributed by atoms with Crippen molar-refractivity contribution in [1.29, 1.82) is 0 Å². The van der Waals surface area contributed by atoms with Crippen LogP contribution < -0.4 is 22.9 Å². The van der Waals surface area contributed by atoms with E-state index in [1.807, 2.05) is 6.92 Å². The highest BCUT2D eigenvalue weighted by atomic mass is 15.1. The Labute approximate surface area is 179 Å². The molecule has 1 aliphatic rings. The Morgan fingerprint density at radius 3 is 2.13 bits per heavy atom. The maximum absolute atomic E-state index is 6.01. The number of nitrogens with zero attached hydrogens (tertiary/aromatic N) is 5. The lowest BCUT2D eigenvalue weighted by Crippen LogP contribution is -2.27. The standard InChI is InChI=1S/C21H37N9/c1-11(9-10-16-26-19(23)30-20(24)27-16)7-6-8-12(2)13(3)17-14(4)15(5)18(22)29-21(25)28-17/h11-14H,6-10,22H2,1-5H3,(H2,25,29)(H4,23,24,26,27,30). The third kappa shape index (κ3) is 6.40. The van der Waals surface area contributed by atoms with Crippen molar-refractivity contribution in [2.24, 2.45) is 45.1 Å². The summed E-state index contributed by atoms with van der Waals surface area (Å²) in [6.07, 6.45) is 5.16. The van der Waals surface area contributed by atoms with Gasteiger partial charge in [-0.05, 0) is 36.7 Å². The summed E-state index contributed by atoms with van der Waals surface area (Å²) >= 11 is 0. The molecule has 0 fully saturated rings. The van der Waals surface area contributed by atoms with Crippen molar-refractivity contribution in [2.45, 2.75) is 66.7 Å². The van der Waals surface area contributed by atoms with E-state index < -0.39 is 0 Å². The Morgan fingerprint density at radius 1 is 0.867 bits per heavy atom. The fraction of sp³-hybridized carbons (Fsp3) is 0.667. The molecule has 0 aliphatic carbocycles. The van der Waals surface area contributed by atoms with Crippen LogP contribution in [-0.2, 0) is 6.42 Å². The Kier molecular flexibility index (Phi) is 8.14. The molecule has 4 unspecified atom stereocenters. The van der Waals surface area contributed by atoms with Crippen molar-refractivity contribution in [1.82, 2.24) is 15.0 Å². The van der Waals surface area contributed by atoms with Gasteiger partial charge in [-0.1, -0.05) is 47.0 Å². The number of rotatable bonds is 9. The van der Waals surface area contributed by atoms with Crippen LogP contribution in [0.15, 0.2) is 21.4 Å². The minimum Gasteiger partial charge on any atom is -0.384 e. The quantitative estimate of drug-likeness (QED) is 0.480. The SMILES string of the molecule is CC1=C(N)N=C(N)N=C(C(C)C(C)CCCC(C)CCc2nc(N)nc(N)n2)C1C. The summed E-state index contributed by atoms with van der Waals surface area (Å²) in [6, 6.07) is 0. The molecule has 2 heterocycles. The Balaban J connectivity index is 1.83. The van der Waals surface area contributed by atoms with Gasteiger partial charge in [0.1, 0.15) is 11.6 Å². The first-order chi connectivity index (χ1) is 14.1. The van der Waals surface area contributed by atoms with Gasteiger partial charge in [-0.15, -0.1) is 0 Å². The summed E-state index contributed by atoms with van der Waals surface area (Å²) in [6.45, 7) is 10.9. The lowest BCUT2D eigenvalue weighted by Gasteiger charge is -2.26. The largest absolute Gasteiger partial charge is 0.384 e. The first kappa shape index (κ1) is 23.6. The third-order valence-electron chi connectivity index (χ3n) is 6.23. The maximum atomic E-state index is 6.01. The average Bonchev–Trinajstić information content (AvgIpc) is 2.76. The third-order valence-corrected chi connectivity index (χ3v) is 6.23. The Bertz CT molecular complexity index is 808. The van der Waals surface area contributed by atoms with E-state index in [1.165, 1.54) is 0 Å². The van der Waals surface area contributed by atoms with Gasteiger partial charge < -0.3 is 22.9 Å². The summed E-state index contributed by atoms with van der Waals surface area (Å²) in [5.41, 5.74) is 25.3. The molecule has 9 heteroatoms. The molecule has 0 bridgehead atoms. The fourth-order valence-corrected chi connectivity index (χ4v) is 3.82. The molecular formula is C21H37N9. The number of nitrogen functional groups attached to an aromatic ring is 2. The normalized spacial score (nSPS) is 20.2. The Hall–Kier alpha value is -2.71. The second kappa shape index (κ2) is 10.4. The fourth-order valence-electron chi connectivity index (χ4n) is 3.82. The number of anilines is 2. The topological polar surface area (TPSA) is 167 Å². The van der Waals surface area contributed by atoms with Crippen molar-refractivity contribution in [3.05, 3.63) is 17.2 Å². The molecule has 9 nitrogen and oxygen atoms in total. The van der Waals surface area contributed by atoms with E-state index in [4.69, 9.17) is 22.9 Å². The van der Waals surface area contributed by atoms with Crippen LogP contribution in [0.1, 0.15) is 66.1 Å². The molecule has 0 aromatic carbocycles. The number of allylic oxidation sites excluding steroid dienone is 1. The van der Waals surface area contributed by atoms with Gasteiger partial charge in [-0.25, -0.2) is 4.99 Å². The minimum absolute atomic E-state index is 0.145. The van der Waals surface area contributed by atoms with Crippen LogP contribution in [0.2, 0.25) is 0 Å². The number of aliphatic imine (C=N–C) groups is 2. The molecule has 1 aromatic rings. The molecule has 1 aromatic heterocycles. The summed E-state index contributed by atoms with van der Waals surface area (Å²) in [4.78, 5) is 20.9. The molecule has 4 atom stereocenters. The van der Waals surface area contributed by atoms with Crippen molar-refractivity contribution in [2.75, 3.05) is 11.5 Å². The van der Waals surface area contributed by atoms with Gasteiger partial charge in [0.2, 0.25) is 17.9 Å². The molecule has 0 saturated heterocycles. The van der Waals surface area contributed by atoms with Gasteiger partial charge in [0.15, 0.2) is 0 Å². The van der Waals surface area contributed by atoms with Gasteiger partial charge in [0, 0.05) is 18.1 Å². The lowest BCUT2D eigenvalue weighted by molar-refractivity contribution is 0.385. The molecule has 2 rings (SSSR count). The zero-order valence-corrected chi connectivity index (χ0v) is 18.9. The second-order valence-electron chi connectivity index (χ2n) is 8.61. The molecule has 30 heavy (non-hydrogen) atoms. The highest BCUT2D eigenvalue weighted by Crippen LogP contribution is 2.29. The van der Waals surface area contributed by atoms with Crippen molar-refractivity contribution in [3.63, 3.8) is 0 Å². The number of hydrogen-bond acceptors (Lipinski definition) is 9. The number of guanidine groups is 1. The van der Waals surface area contributed by atoms with E-state index in [2.05, 4.69) is 52.6 Å². The summed E-state index contributed by atoms with van der Waals surface area (Å²) in [5, 5.41) is 0. The van der Waals surface area contributed by atoms with Gasteiger partial charge in [-0.3, -0.25) is 0 Å². The van der Waals surface area contributed by atoms with Crippen LogP contribution >= 0.6 is 0 Å². The van der Waals surface area contributed by atoms with Gasteiger partial charge >= 0.3 is 0 Å². The van der Waals surface area contributed by atoms with Crippen molar-refractivity contribution in [3.8, 4) is 0 Å². The number of nitrogens with two attached hydrogens (primary N) is 4. The number of hydrogen-bond donors (Lipinski definition) is 4. The summed E-state index contributed by atoms with van der Waals surface area (Å²) < 4.78 is 0. The second-order valence-corrected chi connectivity index (χ2v) is 8.61. The zero-order chi connectivity index (χ0) is 22.4. The monoisotopic (exact) mass is 415 g/mol. The molecule has 0 amide bonds. The van der Waals surface area contributed by atoms with E-state index in [9.17, 15) is 0 Å². The van der Waals surface area contributed by atoms with Gasteiger partial charge in [0.05, 0.1) is 0 Å². The van der Waals surface area contributed by atoms with Crippen LogP contribution in [0.3, 0.4) is 0 Å². The van der Waals surface area contributed by atoms with Crippen LogP contribution in [-0.4, -0.2) is 26.6 Å². The van der Waals surface area contributed by atoms with Crippen molar-refractivity contribution < 1.29 is 0 Å². The lowest BCUT2D eigenvalue weighted by atomic mass is 9.80. The van der Waals surface area contributed by atoms with E-state index in [1.54, 1.807) is 0 Å².